The van der Waals surface area contributed by atoms with Gasteiger partial charge in [0.1, 0.15) is 0 Å². The zero-order valence-corrected chi connectivity index (χ0v) is 19.6. The second kappa shape index (κ2) is 7.09. The van der Waals surface area contributed by atoms with E-state index in [0.717, 1.165) is 6.42 Å². The monoisotopic (exact) mass is 408 g/mol. The van der Waals surface area contributed by atoms with E-state index < -0.39 is 36.6 Å². The first-order chi connectivity index (χ1) is 13.8. The van der Waals surface area contributed by atoms with E-state index in [0.29, 0.717) is 0 Å². The predicted molar refractivity (Wildman–Crippen MR) is 124 cm³/mol. The van der Waals surface area contributed by atoms with E-state index in [1.807, 2.05) is 0 Å². The van der Waals surface area contributed by atoms with Crippen LogP contribution in [0.1, 0.15) is 61.0 Å². The SMILES string of the molecule is CC1(C)OB(C(Cc2cccc3ccccc23)B2OC(C)(C)C(C)(C)O2)OC1(C)C. The summed E-state index contributed by atoms with van der Waals surface area (Å²) in [7, 11) is -0.827. The minimum absolute atomic E-state index is 0.0992. The Morgan fingerprint density at radius 2 is 1.07 bits per heavy atom. The van der Waals surface area contributed by atoms with Crippen LogP contribution in [0.15, 0.2) is 42.5 Å². The molecule has 2 saturated heterocycles. The molecule has 0 saturated carbocycles. The second-order valence-electron chi connectivity index (χ2n) is 10.8. The van der Waals surface area contributed by atoms with Crippen molar-refractivity contribution in [3.05, 3.63) is 48.0 Å². The van der Waals surface area contributed by atoms with E-state index in [2.05, 4.69) is 97.9 Å². The highest BCUT2D eigenvalue weighted by atomic mass is 16.7. The minimum atomic E-state index is -0.413. The first kappa shape index (κ1) is 21.9. The fourth-order valence-electron chi connectivity index (χ4n) is 4.17. The van der Waals surface area contributed by atoms with Crippen LogP contribution in [-0.4, -0.2) is 36.6 Å². The number of fused-ring (bicyclic) bond motifs is 1. The van der Waals surface area contributed by atoms with E-state index in [-0.39, 0.29) is 5.72 Å². The third-order valence-electron chi connectivity index (χ3n) is 7.58. The van der Waals surface area contributed by atoms with Gasteiger partial charge in [-0.2, -0.15) is 0 Å². The van der Waals surface area contributed by atoms with Gasteiger partial charge in [-0.15, -0.1) is 0 Å². The van der Waals surface area contributed by atoms with Crippen LogP contribution in [0.25, 0.3) is 10.8 Å². The number of hydrogen-bond acceptors (Lipinski definition) is 4. The van der Waals surface area contributed by atoms with Gasteiger partial charge in [-0.25, -0.2) is 0 Å². The summed E-state index contributed by atoms with van der Waals surface area (Å²) in [5, 5.41) is 2.48. The zero-order valence-electron chi connectivity index (χ0n) is 19.6. The predicted octanol–water partition coefficient (Wildman–Crippen LogP) is 5.48. The van der Waals surface area contributed by atoms with Crippen molar-refractivity contribution in [3.8, 4) is 0 Å². The molecule has 0 N–H and O–H groups in total. The molecule has 2 aromatic rings. The Hall–Kier alpha value is -1.33. The molecule has 0 bridgehead atoms. The topological polar surface area (TPSA) is 36.9 Å². The quantitative estimate of drug-likeness (QED) is 0.629. The van der Waals surface area contributed by atoms with Crippen molar-refractivity contribution in [2.45, 2.75) is 89.9 Å². The third-order valence-corrected chi connectivity index (χ3v) is 7.58. The van der Waals surface area contributed by atoms with Crippen molar-refractivity contribution < 1.29 is 18.6 Å². The molecule has 0 atom stereocenters. The molecule has 30 heavy (non-hydrogen) atoms. The lowest BCUT2D eigenvalue weighted by Crippen LogP contribution is -2.41. The molecule has 0 unspecified atom stereocenters. The third kappa shape index (κ3) is 3.62. The van der Waals surface area contributed by atoms with Gasteiger partial charge in [0, 0.05) is 5.72 Å². The molecule has 6 heteroatoms. The van der Waals surface area contributed by atoms with Crippen molar-refractivity contribution >= 4 is 25.0 Å². The lowest BCUT2D eigenvalue weighted by atomic mass is 9.49. The largest absolute Gasteiger partial charge is 0.459 e. The van der Waals surface area contributed by atoms with E-state index in [1.54, 1.807) is 0 Å². The molecule has 0 amide bonds. The molecule has 0 spiro atoms. The van der Waals surface area contributed by atoms with Gasteiger partial charge in [0.25, 0.3) is 0 Å². The summed E-state index contributed by atoms with van der Waals surface area (Å²) in [5.41, 5.74) is -0.465. The summed E-state index contributed by atoms with van der Waals surface area (Å²) in [6.45, 7) is 16.7. The minimum Gasteiger partial charge on any atom is -0.403 e. The van der Waals surface area contributed by atoms with Crippen LogP contribution in [-0.2, 0) is 25.0 Å². The average molecular weight is 408 g/mol. The lowest BCUT2D eigenvalue weighted by molar-refractivity contribution is 0.00578. The van der Waals surface area contributed by atoms with E-state index >= 15 is 0 Å². The van der Waals surface area contributed by atoms with Crippen LogP contribution in [0, 0.1) is 0 Å². The fourth-order valence-corrected chi connectivity index (χ4v) is 4.17. The Balaban J connectivity index is 1.71. The molecular formula is C24H34B2O4. The van der Waals surface area contributed by atoms with Crippen molar-refractivity contribution in [1.29, 1.82) is 0 Å². The number of rotatable bonds is 4. The van der Waals surface area contributed by atoms with Gasteiger partial charge in [0.2, 0.25) is 0 Å². The standard InChI is InChI=1S/C24H34B2O4/c1-21(2)22(3,4)28-25(27-21)20(26-29-23(5,6)24(7,8)30-26)16-18-14-11-13-17-12-9-10-15-19(17)18/h9-15,20H,16H2,1-8H3. The van der Waals surface area contributed by atoms with Crippen LogP contribution >= 0.6 is 0 Å². The second-order valence-corrected chi connectivity index (χ2v) is 10.8. The summed E-state index contributed by atoms with van der Waals surface area (Å²) in [6.07, 6.45) is 0.745. The maximum atomic E-state index is 6.48. The summed E-state index contributed by atoms with van der Waals surface area (Å²) in [4.78, 5) is 0. The smallest absolute Gasteiger partial charge is 0.403 e. The summed E-state index contributed by atoms with van der Waals surface area (Å²) in [6, 6.07) is 14.9. The maximum absolute atomic E-state index is 6.48. The molecule has 160 valence electrons. The van der Waals surface area contributed by atoms with Gasteiger partial charge in [-0.3, -0.25) is 0 Å². The first-order valence-corrected chi connectivity index (χ1v) is 11.0. The Kier molecular flexibility index (Phi) is 5.18. The van der Waals surface area contributed by atoms with Gasteiger partial charge in [0.15, 0.2) is 0 Å². The number of hydrogen-bond donors (Lipinski definition) is 0. The molecule has 4 nitrogen and oxygen atoms in total. The molecule has 2 aromatic carbocycles. The van der Waals surface area contributed by atoms with E-state index in [4.69, 9.17) is 18.6 Å². The fraction of sp³-hybridized carbons (Fsp3) is 0.583. The maximum Gasteiger partial charge on any atom is 0.459 e. The molecule has 4 rings (SSSR count). The molecule has 2 fully saturated rings. The van der Waals surface area contributed by atoms with Gasteiger partial charge in [-0.05, 0) is 78.1 Å². The lowest BCUT2D eigenvalue weighted by Gasteiger charge is -2.32. The summed E-state index contributed by atoms with van der Waals surface area (Å²) >= 11 is 0. The molecular weight excluding hydrogens is 374 g/mol. The highest BCUT2D eigenvalue weighted by Gasteiger charge is 2.61. The first-order valence-electron chi connectivity index (χ1n) is 11.0. The highest BCUT2D eigenvalue weighted by molar-refractivity contribution is 6.68. The Labute approximate surface area is 181 Å². The molecule has 2 aliphatic rings. The molecule has 0 radical (unpaired) electrons. The van der Waals surface area contributed by atoms with E-state index in [1.165, 1.54) is 16.3 Å². The zero-order chi connectivity index (χ0) is 21.9. The van der Waals surface area contributed by atoms with Crippen LogP contribution in [0.2, 0.25) is 5.72 Å². The average Bonchev–Trinajstić information content (AvgIpc) is 2.99. The Morgan fingerprint density at radius 1 is 0.633 bits per heavy atom. The van der Waals surface area contributed by atoms with Crippen molar-refractivity contribution in [1.82, 2.24) is 0 Å². The van der Waals surface area contributed by atoms with Gasteiger partial charge in [0.05, 0.1) is 22.4 Å². The van der Waals surface area contributed by atoms with E-state index in [9.17, 15) is 0 Å². The van der Waals surface area contributed by atoms with Crippen LogP contribution in [0.3, 0.4) is 0 Å². The summed E-state index contributed by atoms with van der Waals surface area (Å²) < 4.78 is 25.9. The van der Waals surface area contributed by atoms with Crippen LogP contribution < -0.4 is 0 Å². The van der Waals surface area contributed by atoms with Crippen LogP contribution in [0.4, 0.5) is 0 Å². The van der Waals surface area contributed by atoms with Crippen molar-refractivity contribution in [3.63, 3.8) is 0 Å². The number of benzene rings is 2. The summed E-state index contributed by atoms with van der Waals surface area (Å²) in [5.74, 6) is 0. The Bertz CT molecular complexity index is 864. The van der Waals surface area contributed by atoms with Crippen molar-refractivity contribution in [2.75, 3.05) is 0 Å². The van der Waals surface area contributed by atoms with Crippen LogP contribution in [0.5, 0.6) is 0 Å². The van der Waals surface area contributed by atoms with Gasteiger partial charge >= 0.3 is 14.2 Å². The van der Waals surface area contributed by atoms with Gasteiger partial charge in [-0.1, -0.05) is 42.5 Å². The van der Waals surface area contributed by atoms with Gasteiger partial charge < -0.3 is 18.6 Å². The Morgan fingerprint density at radius 3 is 1.57 bits per heavy atom. The normalized spacial score (nSPS) is 24.2. The van der Waals surface area contributed by atoms with Crippen molar-refractivity contribution in [2.24, 2.45) is 0 Å². The molecule has 2 aliphatic heterocycles. The molecule has 0 aliphatic carbocycles. The molecule has 0 aromatic heterocycles. The highest BCUT2D eigenvalue weighted by Crippen LogP contribution is 2.46. The molecule has 2 heterocycles.